The van der Waals surface area contributed by atoms with Crippen molar-refractivity contribution in [3.05, 3.63) is 95.1 Å². The van der Waals surface area contributed by atoms with Gasteiger partial charge in [0.1, 0.15) is 0 Å². The predicted octanol–water partition coefficient (Wildman–Crippen LogP) is 5.74. The Morgan fingerprint density at radius 2 is 0.885 bits per heavy atom. The van der Waals surface area contributed by atoms with Crippen LogP contribution in [-0.4, -0.2) is 12.4 Å². The summed E-state index contributed by atoms with van der Waals surface area (Å²) in [6.07, 6.45) is 3.03. The summed E-state index contributed by atoms with van der Waals surface area (Å²) < 4.78 is 52.0. The molecule has 26 heavy (non-hydrogen) atoms. The lowest BCUT2D eigenvalue weighted by Crippen LogP contribution is -1.86. The van der Waals surface area contributed by atoms with Gasteiger partial charge in [0.05, 0.1) is 11.4 Å². The Morgan fingerprint density at radius 3 is 1.23 bits per heavy atom. The molecule has 3 aromatic rings. The Hall–Kier alpha value is -3.28. The maximum Gasteiger partial charge on any atom is 0.160 e. The van der Waals surface area contributed by atoms with Crippen molar-refractivity contribution in [3.8, 4) is 0 Å². The van der Waals surface area contributed by atoms with Gasteiger partial charge in [0, 0.05) is 24.6 Å². The van der Waals surface area contributed by atoms with Crippen LogP contribution in [0.1, 0.15) is 11.1 Å². The number of hydrogen-bond donors (Lipinski definition) is 0. The molecule has 0 saturated heterocycles. The molecule has 0 fully saturated rings. The fourth-order valence-electron chi connectivity index (χ4n) is 2.10. The van der Waals surface area contributed by atoms with Crippen LogP contribution in [0.2, 0.25) is 0 Å². The highest BCUT2D eigenvalue weighted by Crippen LogP contribution is 2.17. The number of nitrogens with zero attached hydrogens (tertiary/aromatic N) is 2. The van der Waals surface area contributed by atoms with Crippen LogP contribution < -0.4 is 0 Å². The van der Waals surface area contributed by atoms with Crippen LogP contribution in [0, 0.1) is 23.3 Å². The summed E-state index contributed by atoms with van der Waals surface area (Å²) >= 11 is 0. The third-order valence-corrected chi connectivity index (χ3v) is 3.47. The fourth-order valence-corrected chi connectivity index (χ4v) is 2.10. The highest BCUT2D eigenvalue weighted by Gasteiger charge is 2.02. The molecule has 2 nitrogen and oxygen atoms in total. The molecule has 0 radical (unpaired) electrons. The molecule has 0 aliphatic carbocycles. The highest BCUT2D eigenvalue weighted by atomic mass is 19.2. The minimum Gasteiger partial charge on any atom is -0.256 e. The molecule has 0 N–H and O–H groups in total. The van der Waals surface area contributed by atoms with Gasteiger partial charge in [-0.3, -0.25) is 9.98 Å². The Kier molecular flexibility index (Phi) is 5.22. The zero-order valence-corrected chi connectivity index (χ0v) is 13.3. The van der Waals surface area contributed by atoms with Gasteiger partial charge < -0.3 is 0 Å². The minimum absolute atomic E-state index is 0.299. The van der Waals surface area contributed by atoms with Crippen LogP contribution in [0.3, 0.4) is 0 Å². The standard InChI is InChI=1S/C20H12F4N2/c21-17-7-5-15(9-19(17)23)25-11-13-1-2-14(4-3-13)12-26-16-6-8-18(22)20(24)10-16/h1-12H. The quantitative estimate of drug-likeness (QED) is 0.420. The second-order valence-corrected chi connectivity index (χ2v) is 5.38. The zero-order valence-electron chi connectivity index (χ0n) is 13.3. The Bertz CT molecular complexity index is 899. The number of benzene rings is 3. The summed E-state index contributed by atoms with van der Waals surface area (Å²) in [5, 5.41) is 0. The molecule has 0 unspecified atom stereocenters. The van der Waals surface area contributed by atoms with Crippen molar-refractivity contribution < 1.29 is 17.6 Å². The van der Waals surface area contributed by atoms with Gasteiger partial charge in [0.2, 0.25) is 0 Å². The van der Waals surface area contributed by atoms with Crippen molar-refractivity contribution in [1.29, 1.82) is 0 Å². The van der Waals surface area contributed by atoms with E-state index in [2.05, 4.69) is 9.98 Å². The molecule has 3 rings (SSSR count). The van der Waals surface area contributed by atoms with Crippen molar-refractivity contribution in [1.82, 2.24) is 0 Å². The largest absolute Gasteiger partial charge is 0.256 e. The second-order valence-electron chi connectivity index (χ2n) is 5.38. The number of aliphatic imine (C=N–C) groups is 2. The van der Waals surface area contributed by atoms with Crippen LogP contribution in [-0.2, 0) is 0 Å². The van der Waals surface area contributed by atoms with Gasteiger partial charge >= 0.3 is 0 Å². The van der Waals surface area contributed by atoms with Gasteiger partial charge in [0.25, 0.3) is 0 Å². The van der Waals surface area contributed by atoms with E-state index in [1.807, 2.05) is 0 Å². The molecule has 0 atom stereocenters. The topological polar surface area (TPSA) is 24.7 Å². The van der Waals surface area contributed by atoms with Gasteiger partial charge in [-0.2, -0.15) is 0 Å². The summed E-state index contributed by atoms with van der Waals surface area (Å²) in [4.78, 5) is 8.15. The van der Waals surface area contributed by atoms with Crippen molar-refractivity contribution >= 4 is 23.8 Å². The third-order valence-electron chi connectivity index (χ3n) is 3.47. The van der Waals surface area contributed by atoms with E-state index < -0.39 is 23.3 Å². The molecular formula is C20H12F4N2. The van der Waals surface area contributed by atoms with Crippen molar-refractivity contribution in [2.45, 2.75) is 0 Å². The lowest BCUT2D eigenvalue weighted by molar-refractivity contribution is 0.509. The normalized spacial score (nSPS) is 11.5. The van der Waals surface area contributed by atoms with E-state index >= 15 is 0 Å². The van der Waals surface area contributed by atoms with Crippen molar-refractivity contribution in [3.63, 3.8) is 0 Å². The first-order valence-corrected chi connectivity index (χ1v) is 7.59. The molecule has 3 aromatic carbocycles. The fraction of sp³-hybridized carbons (Fsp3) is 0. The lowest BCUT2D eigenvalue weighted by atomic mass is 10.1. The van der Waals surface area contributed by atoms with Crippen LogP contribution in [0.25, 0.3) is 0 Å². The van der Waals surface area contributed by atoms with E-state index in [9.17, 15) is 17.6 Å². The zero-order chi connectivity index (χ0) is 18.5. The van der Waals surface area contributed by atoms with Crippen molar-refractivity contribution in [2.75, 3.05) is 0 Å². The maximum absolute atomic E-state index is 13.1. The summed E-state index contributed by atoms with van der Waals surface area (Å²) in [6.45, 7) is 0. The molecule has 130 valence electrons. The first-order chi connectivity index (χ1) is 12.5. The average molecular weight is 356 g/mol. The monoisotopic (exact) mass is 356 g/mol. The summed E-state index contributed by atoms with van der Waals surface area (Å²) in [7, 11) is 0. The van der Waals surface area contributed by atoms with Crippen molar-refractivity contribution in [2.24, 2.45) is 9.98 Å². The molecule has 6 heteroatoms. The predicted molar refractivity (Wildman–Crippen MR) is 93.7 cm³/mol. The van der Waals surface area contributed by atoms with E-state index in [0.717, 1.165) is 35.4 Å². The van der Waals surface area contributed by atoms with E-state index in [4.69, 9.17) is 0 Å². The average Bonchev–Trinajstić information content (AvgIpc) is 2.64. The molecule has 0 bridgehead atoms. The molecule has 0 aliphatic heterocycles. The van der Waals surface area contributed by atoms with Gasteiger partial charge in [-0.05, 0) is 35.4 Å². The van der Waals surface area contributed by atoms with E-state index in [1.54, 1.807) is 24.3 Å². The smallest absolute Gasteiger partial charge is 0.160 e. The molecule has 0 heterocycles. The molecule has 0 amide bonds. The first kappa shape index (κ1) is 17.5. The number of hydrogen-bond acceptors (Lipinski definition) is 2. The molecule has 0 spiro atoms. The van der Waals surface area contributed by atoms with Crippen LogP contribution >= 0.6 is 0 Å². The third kappa shape index (κ3) is 4.42. The summed E-state index contributed by atoms with van der Waals surface area (Å²) in [6, 6.07) is 13.8. The SMILES string of the molecule is Fc1ccc(N=Cc2ccc(C=Nc3ccc(F)c(F)c3)cc2)cc1F. The van der Waals surface area contributed by atoms with Gasteiger partial charge in [-0.15, -0.1) is 0 Å². The Balaban J connectivity index is 1.69. The van der Waals surface area contributed by atoms with Gasteiger partial charge in [-0.1, -0.05) is 24.3 Å². The van der Waals surface area contributed by atoms with Crippen LogP contribution in [0.15, 0.2) is 70.6 Å². The molecule has 0 aliphatic rings. The Morgan fingerprint density at radius 1 is 0.500 bits per heavy atom. The lowest BCUT2D eigenvalue weighted by Gasteiger charge is -1.98. The van der Waals surface area contributed by atoms with E-state index in [-0.39, 0.29) is 0 Å². The molecule has 0 aromatic heterocycles. The van der Waals surface area contributed by atoms with Crippen LogP contribution in [0.5, 0.6) is 0 Å². The van der Waals surface area contributed by atoms with Gasteiger partial charge in [-0.25, -0.2) is 17.6 Å². The number of rotatable bonds is 4. The van der Waals surface area contributed by atoms with Gasteiger partial charge in [0.15, 0.2) is 23.3 Å². The minimum atomic E-state index is -0.955. The van der Waals surface area contributed by atoms with E-state index in [1.165, 1.54) is 24.6 Å². The maximum atomic E-state index is 13.1. The van der Waals surface area contributed by atoms with Crippen LogP contribution in [0.4, 0.5) is 28.9 Å². The summed E-state index contributed by atoms with van der Waals surface area (Å²) in [5.41, 5.74) is 2.10. The first-order valence-electron chi connectivity index (χ1n) is 7.59. The molecule has 0 saturated carbocycles. The molecular weight excluding hydrogens is 344 g/mol. The van der Waals surface area contributed by atoms with E-state index in [0.29, 0.717) is 11.4 Å². The number of halogens is 4. The second kappa shape index (κ2) is 7.74. The summed E-state index contributed by atoms with van der Waals surface area (Å²) in [5.74, 6) is -3.76. The Labute approximate surface area is 147 Å². The highest BCUT2D eigenvalue weighted by molar-refractivity contribution is 5.86.